The quantitative estimate of drug-likeness (QED) is 0.833. The largest absolute Gasteiger partial charge is 0.336 e. The minimum Gasteiger partial charge on any atom is -0.336 e. The number of rotatable bonds is 3. The van der Waals surface area contributed by atoms with Crippen LogP contribution in [0.1, 0.15) is 10.4 Å². The van der Waals surface area contributed by atoms with Gasteiger partial charge in [0, 0.05) is 18.1 Å². The summed E-state index contributed by atoms with van der Waals surface area (Å²) in [5, 5.41) is -0.396. The highest BCUT2D eigenvalue weighted by atomic mass is 35.5. The third-order valence-corrected chi connectivity index (χ3v) is 6.25. The minimum atomic E-state index is -3.63. The van der Waals surface area contributed by atoms with Gasteiger partial charge in [-0.25, -0.2) is 17.2 Å². The molecule has 1 saturated heterocycles. The van der Waals surface area contributed by atoms with Gasteiger partial charge in [-0.1, -0.05) is 17.7 Å². The van der Waals surface area contributed by atoms with E-state index in [0.29, 0.717) is 5.02 Å². The lowest BCUT2D eigenvalue weighted by Crippen LogP contribution is -2.57. The van der Waals surface area contributed by atoms with E-state index in [1.807, 2.05) is 0 Å². The number of sulfone groups is 1. The first-order chi connectivity index (χ1) is 11.3. The van der Waals surface area contributed by atoms with Gasteiger partial charge < -0.3 is 4.90 Å². The van der Waals surface area contributed by atoms with Crippen LogP contribution in [0.25, 0.3) is 0 Å². The summed E-state index contributed by atoms with van der Waals surface area (Å²) >= 11 is 5.73. The van der Waals surface area contributed by atoms with Crippen LogP contribution in [-0.4, -0.2) is 37.6 Å². The third-order valence-electron chi connectivity index (χ3n) is 3.89. The molecule has 2 aromatic carbocycles. The van der Waals surface area contributed by atoms with Crippen molar-refractivity contribution in [3.05, 3.63) is 64.7 Å². The molecule has 0 N–H and O–H groups in total. The number of hydrogen-bond acceptors (Lipinski definition) is 3. The van der Waals surface area contributed by atoms with Crippen molar-refractivity contribution in [1.29, 1.82) is 0 Å². The summed E-state index contributed by atoms with van der Waals surface area (Å²) in [6.45, 7) is -0.227. The molecule has 1 heterocycles. The lowest BCUT2D eigenvalue weighted by molar-refractivity contribution is 0.0648. The molecule has 0 radical (unpaired) electrons. The van der Waals surface area contributed by atoms with E-state index in [9.17, 15) is 22.0 Å². The smallest absolute Gasteiger partial charge is 0.259 e. The Morgan fingerprint density at radius 1 is 1.04 bits per heavy atom. The molecule has 0 bridgehead atoms. The second kappa shape index (κ2) is 6.14. The summed E-state index contributed by atoms with van der Waals surface area (Å²) in [7, 11) is -3.63. The average Bonchev–Trinajstić information content (AvgIpc) is 2.45. The number of nitrogens with zero attached hydrogens (tertiary/aromatic N) is 1. The first-order valence-electron chi connectivity index (χ1n) is 7.03. The van der Waals surface area contributed by atoms with E-state index < -0.39 is 38.2 Å². The Bertz CT molecular complexity index is 874. The van der Waals surface area contributed by atoms with E-state index in [2.05, 4.69) is 0 Å². The van der Waals surface area contributed by atoms with E-state index in [0.717, 1.165) is 23.1 Å². The highest BCUT2D eigenvalue weighted by Crippen LogP contribution is 2.27. The molecule has 1 fully saturated rings. The van der Waals surface area contributed by atoms with Gasteiger partial charge in [0.05, 0.1) is 4.90 Å². The maximum atomic E-state index is 13.6. The molecule has 0 saturated carbocycles. The Labute approximate surface area is 142 Å². The van der Waals surface area contributed by atoms with Crippen LogP contribution in [0, 0.1) is 11.6 Å². The zero-order valence-corrected chi connectivity index (χ0v) is 13.8. The van der Waals surface area contributed by atoms with Gasteiger partial charge in [0.25, 0.3) is 5.91 Å². The summed E-state index contributed by atoms with van der Waals surface area (Å²) in [5.41, 5.74) is -0.667. The van der Waals surface area contributed by atoms with Crippen LogP contribution >= 0.6 is 11.6 Å². The molecule has 3 rings (SSSR count). The molecule has 1 aliphatic rings. The summed E-state index contributed by atoms with van der Waals surface area (Å²) in [5.74, 6) is -2.79. The van der Waals surface area contributed by atoms with E-state index >= 15 is 0 Å². The van der Waals surface area contributed by atoms with Crippen molar-refractivity contribution in [3.63, 3.8) is 0 Å². The van der Waals surface area contributed by atoms with Gasteiger partial charge in [0.1, 0.15) is 22.4 Å². The number of carbonyl (C=O) groups excluding carboxylic acids is 1. The maximum Gasteiger partial charge on any atom is 0.259 e. The second-order valence-electron chi connectivity index (χ2n) is 5.43. The van der Waals surface area contributed by atoms with E-state index in [-0.39, 0.29) is 18.0 Å². The van der Waals surface area contributed by atoms with Gasteiger partial charge in [-0.3, -0.25) is 4.79 Å². The molecule has 1 amide bonds. The zero-order chi connectivity index (χ0) is 17.5. The van der Waals surface area contributed by atoms with Crippen molar-refractivity contribution in [2.45, 2.75) is 10.1 Å². The average molecular weight is 372 g/mol. The van der Waals surface area contributed by atoms with E-state index in [1.165, 1.54) is 24.3 Å². The van der Waals surface area contributed by atoms with Crippen molar-refractivity contribution in [2.24, 2.45) is 0 Å². The maximum absolute atomic E-state index is 13.6. The number of halogens is 3. The first-order valence-corrected chi connectivity index (χ1v) is 8.96. The Morgan fingerprint density at radius 3 is 2.12 bits per heavy atom. The number of hydrogen-bond donors (Lipinski definition) is 0. The lowest BCUT2D eigenvalue weighted by Gasteiger charge is -2.38. The van der Waals surface area contributed by atoms with E-state index in [1.54, 1.807) is 0 Å². The Morgan fingerprint density at radius 2 is 1.58 bits per heavy atom. The van der Waals surface area contributed by atoms with Crippen molar-refractivity contribution < 1.29 is 22.0 Å². The highest BCUT2D eigenvalue weighted by Gasteiger charge is 2.41. The molecule has 1 aliphatic heterocycles. The zero-order valence-electron chi connectivity index (χ0n) is 12.2. The van der Waals surface area contributed by atoms with Crippen LogP contribution in [0.2, 0.25) is 5.02 Å². The highest BCUT2D eigenvalue weighted by molar-refractivity contribution is 7.92. The second-order valence-corrected chi connectivity index (χ2v) is 8.09. The van der Waals surface area contributed by atoms with Crippen molar-refractivity contribution in [1.82, 2.24) is 4.90 Å². The molecule has 4 nitrogen and oxygen atoms in total. The molecule has 0 atom stereocenters. The lowest BCUT2D eigenvalue weighted by atomic mass is 10.1. The summed E-state index contributed by atoms with van der Waals surface area (Å²) in [6, 6.07) is 8.83. The normalized spacial score (nSPS) is 15.2. The predicted octanol–water partition coefficient (Wildman–Crippen LogP) is 2.92. The van der Waals surface area contributed by atoms with Crippen LogP contribution in [-0.2, 0) is 9.84 Å². The monoisotopic (exact) mass is 371 g/mol. The molecule has 8 heteroatoms. The van der Waals surface area contributed by atoms with E-state index in [4.69, 9.17) is 11.6 Å². The predicted molar refractivity (Wildman–Crippen MR) is 84.7 cm³/mol. The topological polar surface area (TPSA) is 54.5 Å². The fourth-order valence-corrected chi connectivity index (χ4v) is 4.26. The Hall–Kier alpha value is -1.99. The number of amides is 1. The molecule has 2 aromatic rings. The van der Waals surface area contributed by atoms with Gasteiger partial charge in [0.2, 0.25) is 0 Å². The van der Waals surface area contributed by atoms with Gasteiger partial charge >= 0.3 is 0 Å². The fourth-order valence-electron chi connectivity index (χ4n) is 2.48. The van der Waals surface area contributed by atoms with Gasteiger partial charge in [-0.2, -0.15) is 0 Å². The van der Waals surface area contributed by atoms with Crippen LogP contribution in [0.5, 0.6) is 0 Å². The molecule has 0 spiro atoms. The summed E-state index contributed by atoms with van der Waals surface area (Å²) in [6.07, 6.45) is 0. The third kappa shape index (κ3) is 2.89. The minimum absolute atomic E-state index is 0.0982. The SMILES string of the molecule is O=C(c1c(F)cccc1F)N1CC(S(=O)(=O)c2ccc(Cl)cc2)C1. The first kappa shape index (κ1) is 16.9. The number of likely N-dealkylation sites (tertiary alicyclic amines) is 1. The molecule has 24 heavy (non-hydrogen) atoms. The number of carbonyl (C=O) groups is 1. The van der Waals surface area contributed by atoms with Crippen molar-refractivity contribution in [2.75, 3.05) is 13.1 Å². The summed E-state index contributed by atoms with van der Waals surface area (Å²) in [4.78, 5) is 13.4. The van der Waals surface area contributed by atoms with Crippen molar-refractivity contribution in [3.8, 4) is 0 Å². The van der Waals surface area contributed by atoms with Crippen LogP contribution < -0.4 is 0 Å². The molecule has 0 aliphatic carbocycles. The molecule has 0 aromatic heterocycles. The molecular formula is C16H12ClF2NO3S. The summed E-state index contributed by atoms with van der Waals surface area (Å²) < 4.78 is 52.1. The molecule has 0 unspecified atom stereocenters. The number of benzene rings is 2. The molecule has 126 valence electrons. The fraction of sp³-hybridized carbons (Fsp3) is 0.188. The Balaban J connectivity index is 1.75. The van der Waals surface area contributed by atoms with Crippen LogP contribution in [0.3, 0.4) is 0 Å². The van der Waals surface area contributed by atoms with Crippen LogP contribution in [0.15, 0.2) is 47.4 Å². The van der Waals surface area contributed by atoms with Crippen molar-refractivity contribution >= 4 is 27.3 Å². The Kier molecular flexibility index (Phi) is 4.31. The van der Waals surface area contributed by atoms with Gasteiger partial charge in [-0.05, 0) is 36.4 Å². The standard InChI is InChI=1S/C16H12ClF2NO3S/c17-10-4-6-11(7-5-10)24(22,23)12-8-20(9-12)16(21)15-13(18)2-1-3-14(15)19/h1-7,12H,8-9H2. The van der Waals surface area contributed by atoms with Crippen LogP contribution in [0.4, 0.5) is 8.78 Å². The van der Waals surface area contributed by atoms with Gasteiger partial charge in [0.15, 0.2) is 9.84 Å². The molecular weight excluding hydrogens is 360 g/mol. The van der Waals surface area contributed by atoms with Gasteiger partial charge in [-0.15, -0.1) is 0 Å².